The molecule has 6 N–H and O–H groups in total. The molecule has 0 aliphatic carbocycles. The molecule has 0 spiro atoms. The van der Waals surface area contributed by atoms with Crippen molar-refractivity contribution in [2.75, 3.05) is 45.3 Å². The molecule has 0 saturated carbocycles. The fourth-order valence-corrected chi connectivity index (χ4v) is 6.40. The highest BCUT2D eigenvalue weighted by molar-refractivity contribution is 8.00. The molecule has 1 aromatic heterocycles. The van der Waals surface area contributed by atoms with Crippen LogP contribution in [0.25, 0.3) is 0 Å². The van der Waals surface area contributed by atoms with E-state index in [0.717, 1.165) is 11.3 Å². The first-order valence-electron chi connectivity index (χ1n) is 10.3. The van der Waals surface area contributed by atoms with Gasteiger partial charge in [0.1, 0.15) is 61.8 Å². The molecule has 4 atom stereocenters. The number of oxime groups is 1. The van der Waals surface area contributed by atoms with Gasteiger partial charge in [-0.2, -0.15) is 0 Å². The van der Waals surface area contributed by atoms with Crippen LogP contribution in [0.4, 0.5) is 5.13 Å². The maximum absolute atomic E-state index is 12.9. The van der Waals surface area contributed by atoms with Gasteiger partial charge < -0.3 is 35.7 Å². The Morgan fingerprint density at radius 1 is 1.38 bits per heavy atom. The van der Waals surface area contributed by atoms with Crippen molar-refractivity contribution in [3.05, 3.63) is 22.3 Å². The van der Waals surface area contributed by atoms with Gasteiger partial charge in [0.05, 0.1) is 7.05 Å². The number of amides is 2. The number of anilines is 1. The maximum atomic E-state index is 12.9. The van der Waals surface area contributed by atoms with E-state index < -0.39 is 41.4 Å². The number of carboxylic acids is 1. The van der Waals surface area contributed by atoms with Crippen molar-refractivity contribution >= 4 is 51.7 Å². The number of nitrogen functional groups attached to an aromatic ring is 1. The topological polar surface area (TPSA) is 188 Å². The fraction of sp³-hybridized carbons (Fsp3) is 0.526. The number of rotatable bonds is 7. The number of carboxylic acid groups (broad SMARTS) is 1. The molecule has 0 aromatic carbocycles. The number of nitrogens with two attached hydrogens (primary N) is 1. The van der Waals surface area contributed by atoms with Crippen molar-refractivity contribution in [2.24, 2.45) is 5.16 Å². The average Bonchev–Trinajstić information content (AvgIpc) is 3.30. The second kappa shape index (κ2) is 9.14. The number of thioether (sulfide) groups is 1. The summed E-state index contributed by atoms with van der Waals surface area (Å²) >= 11 is 2.45. The van der Waals surface area contributed by atoms with Crippen LogP contribution in [0.1, 0.15) is 5.69 Å². The van der Waals surface area contributed by atoms with Gasteiger partial charge in [0.15, 0.2) is 10.8 Å². The molecule has 1 unspecified atom stereocenters. The van der Waals surface area contributed by atoms with E-state index in [1.807, 2.05) is 7.05 Å². The van der Waals surface area contributed by atoms with Crippen LogP contribution >= 0.6 is 23.1 Å². The standard InChI is InChI=1S/C19H24N6O7S2/c1-25(4-10(26)11(27)5-25)3-8-6-33-17-13(16(29)24(17)14(8)18(30)31)22-15(28)12(23-32-2)9-7-34-19(20)21-9/h7,10-11,13,17,26-27H,3-6H2,1-2H3,(H3-,20,21,22,28,30,31)/p+1/b23-12-/t10-,11-,13?,17-/m1/s1. The van der Waals surface area contributed by atoms with Gasteiger partial charge in [-0.1, -0.05) is 5.16 Å². The lowest BCUT2D eigenvalue weighted by molar-refractivity contribution is -0.895. The number of quaternary nitrogens is 1. The summed E-state index contributed by atoms with van der Waals surface area (Å²) in [5.41, 5.74) is 6.09. The highest BCUT2D eigenvalue weighted by Gasteiger charge is 2.55. The van der Waals surface area contributed by atoms with Crippen LogP contribution in [0.2, 0.25) is 0 Å². The normalized spacial score (nSPS) is 28.4. The summed E-state index contributed by atoms with van der Waals surface area (Å²) in [5, 5.41) is 37.2. The molecule has 184 valence electrons. The number of aromatic nitrogens is 1. The largest absolute Gasteiger partial charge is 0.477 e. The maximum Gasteiger partial charge on any atom is 0.352 e. The third kappa shape index (κ3) is 4.36. The molecule has 3 aliphatic heterocycles. The number of carbonyl (C=O) groups excluding carboxylic acids is 2. The Morgan fingerprint density at radius 3 is 2.62 bits per heavy atom. The Hall–Kier alpha value is -2.72. The van der Waals surface area contributed by atoms with Crippen LogP contribution < -0.4 is 11.1 Å². The van der Waals surface area contributed by atoms with E-state index in [9.17, 15) is 29.7 Å². The van der Waals surface area contributed by atoms with Gasteiger partial charge in [-0.3, -0.25) is 14.5 Å². The highest BCUT2D eigenvalue weighted by Crippen LogP contribution is 2.41. The second-order valence-corrected chi connectivity index (χ2v) is 10.6. The zero-order chi connectivity index (χ0) is 24.8. The number of nitrogens with zero attached hydrogens (tertiary/aromatic N) is 4. The first kappa shape index (κ1) is 24.4. The van der Waals surface area contributed by atoms with E-state index in [2.05, 4.69) is 15.5 Å². The number of nitrogens with one attached hydrogen (secondary N) is 1. The van der Waals surface area contributed by atoms with Gasteiger partial charge in [-0.25, -0.2) is 9.78 Å². The molecule has 2 fully saturated rings. The molecule has 1 aromatic rings. The van der Waals surface area contributed by atoms with E-state index in [1.54, 1.807) is 0 Å². The number of thiazole rings is 1. The number of likely N-dealkylation sites (N-methyl/N-ethyl adjacent to an activating group) is 1. The van der Waals surface area contributed by atoms with Crippen molar-refractivity contribution in [1.82, 2.24) is 15.2 Å². The number of aliphatic carboxylic acids is 1. The van der Waals surface area contributed by atoms with Gasteiger partial charge in [-0.05, 0) is 0 Å². The lowest BCUT2D eigenvalue weighted by atomic mass is 10.0. The number of aliphatic hydroxyl groups excluding tert-OH is 2. The van der Waals surface area contributed by atoms with E-state index in [0.29, 0.717) is 11.3 Å². The van der Waals surface area contributed by atoms with Gasteiger partial charge in [0, 0.05) is 16.7 Å². The molecule has 3 aliphatic rings. The number of hydrogen-bond acceptors (Lipinski definition) is 11. The summed E-state index contributed by atoms with van der Waals surface area (Å²) < 4.78 is 0.259. The van der Waals surface area contributed by atoms with Gasteiger partial charge in [0.2, 0.25) is 0 Å². The molecule has 2 saturated heterocycles. The van der Waals surface area contributed by atoms with Crippen LogP contribution in [0.5, 0.6) is 0 Å². The molecule has 4 rings (SSSR count). The molecule has 34 heavy (non-hydrogen) atoms. The Labute approximate surface area is 202 Å². The molecule has 4 heterocycles. The molecule has 0 radical (unpaired) electrons. The van der Waals surface area contributed by atoms with Crippen LogP contribution in [0.15, 0.2) is 21.8 Å². The van der Waals surface area contributed by atoms with Gasteiger partial charge >= 0.3 is 5.97 Å². The summed E-state index contributed by atoms with van der Waals surface area (Å²) in [7, 11) is 3.09. The first-order valence-corrected chi connectivity index (χ1v) is 12.2. The lowest BCUT2D eigenvalue weighted by Gasteiger charge is -2.49. The van der Waals surface area contributed by atoms with Crippen molar-refractivity contribution in [2.45, 2.75) is 23.6 Å². The van der Waals surface area contributed by atoms with E-state index in [-0.39, 0.29) is 46.4 Å². The minimum atomic E-state index is -1.25. The van der Waals surface area contributed by atoms with Gasteiger partial charge in [0.25, 0.3) is 11.8 Å². The average molecular weight is 514 g/mol. The van der Waals surface area contributed by atoms with Gasteiger partial charge in [-0.15, -0.1) is 23.1 Å². The predicted molar refractivity (Wildman–Crippen MR) is 123 cm³/mol. The number of fused-ring (bicyclic) bond motifs is 1. The Morgan fingerprint density at radius 2 is 2.06 bits per heavy atom. The smallest absolute Gasteiger partial charge is 0.352 e. The predicted octanol–water partition coefficient (Wildman–Crippen LogP) is -2.00. The van der Waals surface area contributed by atoms with Crippen molar-refractivity contribution in [3.63, 3.8) is 0 Å². The summed E-state index contributed by atoms with van der Waals surface area (Å²) in [6, 6.07) is -0.952. The molecule has 2 amide bonds. The molecular weight excluding hydrogens is 488 g/mol. The number of aliphatic hydroxyl groups is 2. The van der Waals surface area contributed by atoms with Crippen molar-refractivity contribution in [3.8, 4) is 0 Å². The van der Waals surface area contributed by atoms with Crippen LogP contribution in [-0.4, -0.2) is 116 Å². The number of likely N-dealkylation sites (tertiary alicyclic amines) is 1. The van der Waals surface area contributed by atoms with Crippen LogP contribution in [0, 0.1) is 0 Å². The van der Waals surface area contributed by atoms with Crippen molar-refractivity contribution < 1.29 is 39.0 Å². The Kier molecular flexibility index (Phi) is 6.56. The summed E-state index contributed by atoms with van der Waals surface area (Å²) in [5.74, 6) is -2.18. The lowest BCUT2D eigenvalue weighted by Crippen LogP contribution is -2.71. The first-order chi connectivity index (χ1) is 16.0. The second-order valence-electron chi connectivity index (χ2n) is 8.59. The zero-order valence-corrected chi connectivity index (χ0v) is 20.0. The minimum absolute atomic E-state index is 0.118. The number of β-lactam (4-membered cyclic amide) rings is 1. The Balaban J connectivity index is 1.52. The van der Waals surface area contributed by atoms with Crippen molar-refractivity contribution in [1.29, 1.82) is 0 Å². The molecular formula is C19H25N6O7S2+. The number of hydrogen-bond donors (Lipinski definition) is 5. The number of carbonyl (C=O) groups is 3. The molecule has 15 heteroatoms. The third-order valence-corrected chi connectivity index (χ3v) is 7.98. The van der Waals surface area contributed by atoms with Crippen LogP contribution in [0.3, 0.4) is 0 Å². The quantitative estimate of drug-likeness (QED) is 0.118. The molecule has 0 bridgehead atoms. The third-order valence-electron chi connectivity index (χ3n) is 5.97. The fourth-order valence-electron chi connectivity index (χ4n) is 4.52. The summed E-state index contributed by atoms with van der Waals surface area (Å²) in [6.07, 6.45) is -1.77. The highest BCUT2D eigenvalue weighted by atomic mass is 32.2. The minimum Gasteiger partial charge on any atom is -0.477 e. The SMILES string of the molecule is CO/N=C(\C(=O)NC1C(=O)N2C(C(=O)O)=C(C[N+]3(C)C[C@@H](O)[C@H](O)C3)CS[C@H]12)c1csc(N)n1. The summed E-state index contributed by atoms with van der Waals surface area (Å²) in [6.45, 7) is 0.828. The zero-order valence-electron chi connectivity index (χ0n) is 18.4. The summed E-state index contributed by atoms with van der Waals surface area (Å²) in [4.78, 5) is 47.8. The Bertz CT molecular complexity index is 1080. The van der Waals surface area contributed by atoms with E-state index in [4.69, 9.17) is 10.6 Å². The van der Waals surface area contributed by atoms with E-state index in [1.165, 1.54) is 29.2 Å². The monoisotopic (exact) mass is 513 g/mol. The van der Waals surface area contributed by atoms with E-state index >= 15 is 0 Å². The van der Waals surface area contributed by atoms with Crippen LogP contribution in [-0.2, 0) is 19.2 Å². The molecule has 13 nitrogen and oxygen atoms in total.